The molecule has 1 N–H and O–H groups in total. The minimum Gasteiger partial charge on any atom is -0.361 e. The first-order valence-corrected chi connectivity index (χ1v) is 8.46. The predicted octanol–water partition coefficient (Wildman–Crippen LogP) is 4.41. The fourth-order valence-electron chi connectivity index (χ4n) is 5.52. The standard InChI is InChI=1S/C19H22N2/c1-2-14-4-5-20-18(14)15(3-1)11-21-19-16-7-12-6-13(9-16)10-17(19)8-12/h1-5,11-13,16-17,19-20H,6-10H2/b21-11+. The molecule has 0 spiro atoms. The molecule has 2 nitrogen and oxygen atoms in total. The monoisotopic (exact) mass is 278 g/mol. The van der Waals surface area contributed by atoms with Crippen LogP contribution >= 0.6 is 0 Å². The van der Waals surface area contributed by atoms with E-state index in [0.717, 1.165) is 23.7 Å². The number of para-hydroxylation sites is 1. The van der Waals surface area contributed by atoms with E-state index in [1.807, 2.05) is 6.20 Å². The van der Waals surface area contributed by atoms with Crippen LogP contribution in [0.25, 0.3) is 10.9 Å². The van der Waals surface area contributed by atoms with Gasteiger partial charge in [0, 0.05) is 23.4 Å². The maximum Gasteiger partial charge on any atom is 0.0556 e. The van der Waals surface area contributed by atoms with Crippen LogP contribution in [-0.2, 0) is 0 Å². The number of hydrogen-bond acceptors (Lipinski definition) is 1. The summed E-state index contributed by atoms with van der Waals surface area (Å²) in [6.45, 7) is 0. The molecule has 0 aliphatic heterocycles. The van der Waals surface area contributed by atoms with Gasteiger partial charge in [-0.3, -0.25) is 4.99 Å². The molecule has 2 heteroatoms. The Balaban J connectivity index is 1.45. The average molecular weight is 278 g/mol. The molecule has 2 aromatic rings. The first-order valence-electron chi connectivity index (χ1n) is 8.46. The predicted molar refractivity (Wildman–Crippen MR) is 86.7 cm³/mol. The smallest absolute Gasteiger partial charge is 0.0556 e. The summed E-state index contributed by atoms with van der Waals surface area (Å²) < 4.78 is 0. The molecule has 4 bridgehead atoms. The van der Waals surface area contributed by atoms with Gasteiger partial charge in [-0.1, -0.05) is 18.2 Å². The second-order valence-electron chi connectivity index (χ2n) is 7.49. The van der Waals surface area contributed by atoms with E-state index in [2.05, 4.69) is 35.5 Å². The first kappa shape index (κ1) is 12.0. The zero-order valence-electron chi connectivity index (χ0n) is 12.3. The number of H-pyrrole nitrogens is 1. The molecular weight excluding hydrogens is 256 g/mol. The molecule has 0 saturated heterocycles. The Morgan fingerprint density at radius 2 is 1.71 bits per heavy atom. The van der Waals surface area contributed by atoms with Crippen LogP contribution in [0.5, 0.6) is 0 Å². The first-order chi connectivity index (χ1) is 10.4. The summed E-state index contributed by atoms with van der Waals surface area (Å²) in [5.74, 6) is 3.82. The van der Waals surface area contributed by atoms with Gasteiger partial charge in [-0.15, -0.1) is 0 Å². The quantitative estimate of drug-likeness (QED) is 0.788. The highest BCUT2D eigenvalue weighted by atomic mass is 14.8. The average Bonchev–Trinajstić information content (AvgIpc) is 2.95. The van der Waals surface area contributed by atoms with Crippen molar-refractivity contribution in [3.63, 3.8) is 0 Å². The fourth-order valence-corrected chi connectivity index (χ4v) is 5.52. The number of nitrogens with one attached hydrogen (secondary N) is 1. The third kappa shape index (κ3) is 1.88. The third-order valence-corrected chi connectivity index (χ3v) is 6.18. The zero-order chi connectivity index (χ0) is 13.8. The summed E-state index contributed by atoms with van der Waals surface area (Å²) >= 11 is 0. The van der Waals surface area contributed by atoms with E-state index < -0.39 is 0 Å². The Labute approximate surface area is 125 Å². The van der Waals surface area contributed by atoms with Crippen LogP contribution in [0.1, 0.15) is 37.7 Å². The Kier molecular flexibility index (Phi) is 2.55. The van der Waals surface area contributed by atoms with Crippen molar-refractivity contribution >= 4 is 17.1 Å². The van der Waals surface area contributed by atoms with Crippen molar-refractivity contribution in [1.29, 1.82) is 0 Å². The summed E-state index contributed by atoms with van der Waals surface area (Å²) in [5, 5.41) is 1.28. The molecule has 21 heavy (non-hydrogen) atoms. The normalized spacial score (nSPS) is 37.8. The fraction of sp³-hybridized carbons (Fsp3) is 0.526. The second-order valence-corrected chi connectivity index (χ2v) is 7.49. The van der Waals surface area contributed by atoms with Crippen LogP contribution in [0.15, 0.2) is 35.5 Å². The van der Waals surface area contributed by atoms with Crippen molar-refractivity contribution in [2.24, 2.45) is 28.7 Å². The lowest BCUT2D eigenvalue weighted by molar-refractivity contribution is 0.00147. The van der Waals surface area contributed by atoms with Crippen molar-refractivity contribution in [2.45, 2.75) is 38.1 Å². The molecule has 1 aromatic heterocycles. The lowest BCUT2D eigenvalue weighted by atomic mass is 9.54. The number of aromatic nitrogens is 1. The Bertz CT molecular complexity index is 668. The van der Waals surface area contributed by atoms with Gasteiger partial charge in [-0.2, -0.15) is 0 Å². The van der Waals surface area contributed by atoms with Gasteiger partial charge < -0.3 is 4.98 Å². The molecule has 0 unspecified atom stereocenters. The van der Waals surface area contributed by atoms with Crippen LogP contribution < -0.4 is 0 Å². The molecule has 0 amide bonds. The molecule has 0 atom stereocenters. The lowest BCUT2D eigenvalue weighted by Gasteiger charge is -2.53. The SMILES string of the molecule is C(=N\C1C2CC3CC(C2)CC1C3)/c1cccc2cc[nH]c12. The van der Waals surface area contributed by atoms with E-state index in [1.54, 1.807) is 0 Å². The summed E-state index contributed by atoms with van der Waals surface area (Å²) in [5.41, 5.74) is 2.47. The van der Waals surface area contributed by atoms with Crippen LogP contribution in [-0.4, -0.2) is 17.2 Å². The van der Waals surface area contributed by atoms with E-state index in [1.165, 1.54) is 48.6 Å². The number of rotatable bonds is 2. The van der Waals surface area contributed by atoms with Crippen molar-refractivity contribution in [2.75, 3.05) is 0 Å². The van der Waals surface area contributed by atoms with Crippen LogP contribution in [0.4, 0.5) is 0 Å². The van der Waals surface area contributed by atoms with Gasteiger partial charge in [0.25, 0.3) is 0 Å². The van der Waals surface area contributed by atoms with E-state index in [4.69, 9.17) is 4.99 Å². The minimum absolute atomic E-state index is 0.600. The molecule has 1 heterocycles. The number of fused-ring (bicyclic) bond motifs is 1. The molecular formula is C19H22N2. The van der Waals surface area contributed by atoms with Gasteiger partial charge in [-0.25, -0.2) is 0 Å². The largest absolute Gasteiger partial charge is 0.361 e. The molecule has 108 valence electrons. The molecule has 4 aliphatic carbocycles. The molecule has 0 radical (unpaired) electrons. The number of hydrogen-bond donors (Lipinski definition) is 1. The van der Waals surface area contributed by atoms with Gasteiger partial charge in [0.15, 0.2) is 0 Å². The summed E-state index contributed by atoms with van der Waals surface area (Å²) in [6, 6.07) is 9.21. The van der Waals surface area contributed by atoms with Crippen LogP contribution in [0.2, 0.25) is 0 Å². The third-order valence-electron chi connectivity index (χ3n) is 6.18. The van der Waals surface area contributed by atoms with Crippen LogP contribution in [0, 0.1) is 23.7 Å². The minimum atomic E-state index is 0.600. The zero-order valence-corrected chi connectivity index (χ0v) is 12.3. The van der Waals surface area contributed by atoms with E-state index >= 15 is 0 Å². The summed E-state index contributed by atoms with van der Waals surface area (Å²) in [7, 11) is 0. The summed E-state index contributed by atoms with van der Waals surface area (Å²) in [6.07, 6.45) is 11.5. The van der Waals surface area contributed by atoms with E-state index in [9.17, 15) is 0 Å². The van der Waals surface area contributed by atoms with Gasteiger partial charge in [0.2, 0.25) is 0 Å². The van der Waals surface area contributed by atoms with E-state index in [-0.39, 0.29) is 0 Å². The van der Waals surface area contributed by atoms with Crippen molar-refractivity contribution in [3.8, 4) is 0 Å². The summed E-state index contributed by atoms with van der Waals surface area (Å²) in [4.78, 5) is 8.43. The van der Waals surface area contributed by atoms with E-state index in [0.29, 0.717) is 6.04 Å². The number of aromatic amines is 1. The van der Waals surface area contributed by atoms with Crippen molar-refractivity contribution in [3.05, 3.63) is 36.0 Å². The maximum atomic E-state index is 5.08. The van der Waals surface area contributed by atoms with Crippen molar-refractivity contribution < 1.29 is 0 Å². The topological polar surface area (TPSA) is 28.1 Å². The highest BCUT2D eigenvalue weighted by Crippen LogP contribution is 2.54. The van der Waals surface area contributed by atoms with Gasteiger partial charge in [0.05, 0.1) is 11.6 Å². The Hall–Kier alpha value is -1.57. The van der Waals surface area contributed by atoms with Crippen LogP contribution in [0.3, 0.4) is 0 Å². The van der Waals surface area contributed by atoms with Crippen molar-refractivity contribution in [1.82, 2.24) is 4.98 Å². The molecule has 4 saturated carbocycles. The Morgan fingerprint density at radius 1 is 0.952 bits per heavy atom. The number of aliphatic imine (C=N–C) groups is 1. The number of benzene rings is 1. The van der Waals surface area contributed by atoms with Gasteiger partial charge >= 0.3 is 0 Å². The Morgan fingerprint density at radius 3 is 2.48 bits per heavy atom. The molecule has 4 fully saturated rings. The number of nitrogens with zero attached hydrogens (tertiary/aromatic N) is 1. The van der Waals surface area contributed by atoms with Gasteiger partial charge in [0.1, 0.15) is 0 Å². The maximum absolute atomic E-state index is 5.08. The molecule has 4 aliphatic rings. The van der Waals surface area contributed by atoms with Gasteiger partial charge in [-0.05, 0) is 61.8 Å². The second kappa shape index (κ2) is 4.46. The highest BCUT2D eigenvalue weighted by Gasteiger charge is 2.47. The molecule has 6 rings (SSSR count). The lowest BCUT2D eigenvalue weighted by Crippen LogP contribution is -2.47. The molecule has 1 aromatic carbocycles. The highest BCUT2D eigenvalue weighted by molar-refractivity contribution is 5.97.